The summed E-state index contributed by atoms with van der Waals surface area (Å²) in [5.41, 5.74) is 7.22. The SMILES string of the molecule is CC(NC(=O)c1ccc(N)c(Cl)c1)C(=O)N1CCCCC1C(=O)NC1CC(=O)OC1OCc1ccccc1. The number of hydrogen-bond acceptors (Lipinski definition) is 7. The first-order valence-corrected chi connectivity index (χ1v) is 12.9. The second-order valence-electron chi connectivity index (χ2n) is 9.45. The van der Waals surface area contributed by atoms with Gasteiger partial charge < -0.3 is 30.7 Å². The molecule has 4 N–H and O–H groups in total. The van der Waals surface area contributed by atoms with Crippen molar-refractivity contribution in [1.82, 2.24) is 15.5 Å². The molecule has 11 heteroatoms. The number of amides is 3. The highest BCUT2D eigenvalue weighted by Gasteiger charge is 2.40. The van der Waals surface area contributed by atoms with Gasteiger partial charge in [-0.05, 0) is 49.9 Å². The molecule has 2 aromatic rings. The molecule has 4 atom stereocenters. The van der Waals surface area contributed by atoms with Gasteiger partial charge in [0, 0.05) is 12.1 Å². The molecular weight excluding hydrogens is 512 g/mol. The molecule has 10 nitrogen and oxygen atoms in total. The first-order chi connectivity index (χ1) is 18.2. The fourth-order valence-electron chi connectivity index (χ4n) is 4.56. The third-order valence-corrected chi connectivity index (χ3v) is 6.94. The van der Waals surface area contributed by atoms with Crippen LogP contribution in [0, 0.1) is 0 Å². The Morgan fingerprint density at radius 2 is 1.95 bits per heavy atom. The van der Waals surface area contributed by atoms with Crippen molar-refractivity contribution in [3.63, 3.8) is 0 Å². The van der Waals surface area contributed by atoms with E-state index in [0.717, 1.165) is 18.4 Å². The van der Waals surface area contributed by atoms with E-state index in [9.17, 15) is 19.2 Å². The van der Waals surface area contributed by atoms with Gasteiger partial charge in [-0.2, -0.15) is 0 Å². The lowest BCUT2D eigenvalue weighted by Crippen LogP contribution is -2.58. The lowest BCUT2D eigenvalue weighted by atomic mass is 9.99. The number of hydrogen-bond donors (Lipinski definition) is 3. The molecule has 3 amide bonds. The number of esters is 1. The monoisotopic (exact) mass is 542 g/mol. The zero-order valence-corrected chi connectivity index (χ0v) is 21.8. The van der Waals surface area contributed by atoms with Crippen molar-refractivity contribution in [2.45, 2.75) is 63.6 Å². The van der Waals surface area contributed by atoms with Crippen LogP contribution in [0.15, 0.2) is 48.5 Å². The number of benzene rings is 2. The highest BCUT2D eigenvalue weighted by molar-refractivity contribution is 6.33. The second-order valence-corrected chi connectivity index (χ2v) is 9.86. The molecule has 0 spiro atoms. The zero-order chi connectivity index (χ0) is 27.2. The molecular formula is C27H31ClN4O6. The number of anilines is 1. The Labute approximate surface area is 225 Å². The molecule has 0 bridgehead atoms. The van der Waals surface area contributed by atoms with E-state index in [0.29, 0.717) is 18.7 Å². The fraction of sp³-hybridized carbons (Fsp3) is 0.407. The highest BCUT2D eigenvalue weighted by atomic mass is 35.5. The van der Waals surface area contributed by atoms with Gasteiger partial charge in [0.2, 0.25) is 18.1 Å². The maximum Gasteiger partial charge on any atom is 0.310 e. The van der Waals surface area contributed by atoms with Crippen LogP contribution in [-0.2, 0) is 30.5 Å². The van der Waals surface area contributed by atoms with E-state index < -0.39 is 42.2 Å². The van der Waals surface area contributed by atoms with Crippen LogP contribution in [-0.4, -0.2) is 59.6 Å². The quantitative estimate of drug-likeness (QED) is 0.343. The molecule has 0 aromatic heterocycles. The highest BCUT2D eigenvalue weighted by Crippen LogP contribution is 2.23. The number of carbonyl (C=O) groups excluding carboxylic acids is 4. The van der Waals surface area contributed by atoms with Crippen molar-refractivity contribution >= 4 is 41.0 Å². The van der Waals surface area contributed by atoms with Crippen molar-refractivity contribution in [3.8, 4) is 0 Å². The smallest absolute Gasteiger partial charge is 0.310 e. The lowest BCUT2D eigenvalue weighted by molar-refractivity contribution is -0.168. The molecule has 2 saturated heterocycles. The number of likely N-dealkylation sites (tertiary alicyclic amines) is 1. The van der Waals surface area contributed by atoms with Crippen LogP contribution in [0.25, 0.3) is 0 Å². The summed E-state index contributed by atoms with van der Waals surface area (Å²) in [6, 6.07) is 11.6. The first-order valence-electron chi connectivity index (χ1n) is 12.5. The van der Waals surface area contributed by atoms with Crippen LogP contribution in [0.2, 0.25) is 5.02 Å². The van der Waals surface area contributed by atoms with Gasteiger partial charge in [0.15, 0.2) is 0 Å². The third kappa shape index (κ3) is 6.62. The average molecular weight is 543 g/mol. The lowest BCUT2D eigenvalue weighted by Gasteiger charge is -2.37. The van der Waals surface area contributed by atoms with Crippen molar-refractivity contribution < 1.29 is 28.7 Å². The average Bonchev–Trinajstić information content (AvgIpc) is 3.27. The third-order valence-electron chi connectivity index (χ3n) is 6.62. The zero-order valence-electron chi connectivity index (χ0n) is 21.0. The Balaban J connectivity index is 1.37. The van der Waals surface area contributed by atoms with E-state index in [2.05, 4.69) is 10.6 Å². The fourth-order valence-corrected chi connectivity index (χ4v) is 4.74. The van der Waals surface area contributed by atoms with Gasteiger partial charge >= 0.3 is 5.97 Å². The standard InChI is InChI=1S/C27H31ClN4O6/c1-16(30-24(34)18-10-11-20(29)19(28)13-18)26(36)32-12-6-5-9-22(32)25(35)31-21-14-23(33)38-27(21)37-15-17-7-3-2-4-8-17/h2-4,7-8,10-11,13,16,21-22,27H,5-6,9,12,14-15,29H2,1H3,(H,30,34)(H,31,35). The summed E-state index contributed by atoms with van der Waals surface area (Å²) in [6.45, 7) is 2.16. The number of halogens is 1. The van der Waals surface area contributed by atoms with Crippen LogP contribution >= 0.6 is 11.6 Å². The molecule has 202 valence electrons. The van der Waals surface area contributed by atoms with Crippen LogP contribution in [0.1, 0.15) is 48.5 Å². The normalized spacial score (nSPS) is 21.9. The van der Waals surface area contributed by atoms with E-state index in [4.69, 9.17) is 26.8 Å². The van der Waals surface area contributed by atoms with Crippen molar-refractivity contribution in [3.05, 3.63) is 64.7 Å². The van der Waals surface area contributed by atoms with Gasteiger partial charge in [-0.15, -0.1) is 0 Å². The number of ether oxygens (including phenoxy) is 2. The Hall–Kier alpha value is -3.63. The minimum Gasteiger partial charge on any atom is -0.433 e. The van der Waals surface area contributed by atoms with Gasteiger partial charge in [0.05, 0.1) is 23.7 Å². The molecule has 2 fully saturated rings. The van der Waals surface area contributed by atoms with Crippen LogP contribution in [0.3, 0.4) is 0 Å². The number of carbonyl (C=O) groups is 4. The van der Waals surface area contributed by atoms with E-state index in [-0.39, 0.29) is 29.5 Å². The number of cyclic esters (lactones) is 1. The van der Waals surface area contributed by atoms with Crippen molar-refractivity contribution in [2.75, 3.05) is 12.3 Å². The van der Waals surface area contributed by atoms with Crippen LogP contribution in [0.5, 0.6) is 0 Å². The number of nitrogens with two attached hydrogens (primary N) is 1. The number of nitrogens with zero attached hydrogens (tertiary/aromatic N) is 1. The predicted molar refractivity (Wildman–Crippen MR) is 140 cm³/mol. The summed E-state index contributed by atoms with van der Waals surface area (Å²) in [5, 5.41) is 5.76. The molecule has 2 aromatic carbocycles. The molecule has 2 aliphatic rings. The summed E-state index contributed by atoms with van der Waals surface area (Å²) >= 11 is 6.01. The topological polar surface area (TPSA) is 140 Å². The van der Waals surface area contributed by atoms with E-state index >= 15 is 0 Å². The minimum absolute atomic E-state index is 0.0253. The van der Waals surface area contributed by atoms with E-state index in [1.807, 2.05) is 30.3 Å². The van der Waals surface area contributed by atoms with E-state index in [1.54, 1.807) is 6.92 Å². The molecule has 2 aliphatic heterocycles. The maximum absolute atomic E-state index is 13.3. The van der Waals surface area contributed by atoms with Crippen molar-refractivity contribution in [2.24, 2.45) is 0 Å². The number of rotatable bonds is 8. The van der Waals surface area contributed by atoms with Gasteiger partial charge in [0.25, 0.3) is 5.91 Å². The van der Waals surface area contributed by atoms with Gasteiger partial charge in [0.1, 0.15) is 18.1 Å². The maximum atomic E-state index is 13.3. The molecule has 0 radical (unpaired) electrons. The predicted octanol–water partition coefficient (Wildman–Crippen LogP) is 2.40. The Bertz CT molecular complexity index is 1190. The van der Waals surface area contributed by atoms with Gasteiger partial charge in [-0.3, -0.25) is 19.2 Å². The van der Waals surface area contributed by atoms with Crippen molar-refractivity contribution in [1.29, 1.82) is 0 Å². The largest absolute Gasteiger partial charge is 0.433 e. The summed E-state index contributed by atoms with van der Waals surface area (Å²) in [6.07, 6.45) is 1.01. The molecule has 38 heavy (non-hydrogen) atoms. The number of piperidine rings is 1. The van der Waals surface area contributed by atoms with Crippen LogP contribution in [0.4, 0.5) is 5.69 Å². The molecule has 4 rings (SSSR count). The summed E-state index contributed by atoms with van der Waals surface area (Å²) in [5.74, 6) is -1.72. The number of nitrogens with one attached hydrogen (secondary N) is 2. The Kier molecular flexibility index (Phi) is 8.85. The minimum atomic E-state index is -0.927. The number of nitrogen functional groups attached to an aromatic ring is 1. The molecule has 0 saturated carbocycles. The Morgan fingerprint density at radius 1 is 1.18 bits per heavy atom. The summed E-state index contributed by atoms with van der Waals surface area (Å²) < 4.78 is 11.0. The van der Waals surface area contributed by atoms with Gasteiger partial charge in [-0.1, -0.05) is 41.9 Å². The summed E-state index contributed by atoms with van der Waals surface area (Å²) in [4.78, 5) is 52.7. The Morgan fingerprint density at radius 3 is 2.68 bits per heavy atom. The molecule has 2 heterocycles. The van der Waals surface area contributed by atoms with Gasteiger partial charge in [-0.25, -0.2) is 0 Å². The molecule has 4 unspecified atom stereocenters. The molecule has 0 aliphatic carbocycles. The first kappa shape index (κ1) is 27.4. The summed E-state index contributed by atoms with van der Waals surface area (Å²) in [7, 11) is 0. The second kappa shape index (κ2) is 12.3. The van der Waals surface area contributed by atoms with Crippen LogP contribution < -0.4 is 16.4 Å². The van der Waals surface area contributed by atoms with E-state index in [1.165, 1.54) is 23.1 Å².